The Labute approximate surface area is 91.5 Å². The fourth-order valence-corrected chi connectivity index (χ4v) is 1.88. The Kier molecular flexibility index (Phi) is 3.96. The third-order valence-electron chi connectivity index (χ3n) is 2.76. The molecule has 1 N–H and O–H groups in total. The van der Waals surface area contributed by atoms with Crippen LogP contribution in [0.4, 0.5) is 13.2 Å². The van der Waals surface area contributed by atoms with Gasteiger partial charge in [0, 0.05) is 11.6 Å². The van der Waals surface area contributed by atoms with E-state index < -0.39 is 23.6 Å². The number of piperidine rings is 1. The van der Waals surface area contributed by atoms with Gasteiger partial charge in [-0.2, -0.15) is 13.2 Å². The van der Waals surface area contributed by atoms with Gasteiger partial charge in [0.1, 0.15) is 0 Å². The van der Waals surface area contributed by atoms with Crippen molar-refractivity contribution < 1.29 is 23.1 Å². The zero-order valence-electron chi connectivity index (χ0n) is 8.92. The molecule has 0 amide bonds. The van der Waals surface area contributed by atoms with Gasteiger partial charge in [-0.3, -0.25) is 0 Å². The molecule has 1 rings (SSSR count). The van der Waals surface area contributed by atoms with Crippen LogP contribution >= 0.6 is 0 Å². The van der Waals surface area contributed by atoms with Gasteiger partial charge in [-0.25, -0.2) is 4.79 Å². The molecule has 0 bridgehead atoms. The number of hydrogen-bond donors (Lipinski definition) is 1. The lowest BCUT2D eigenvalue weighted by Crippen LogP contribution is -2.34. The van der Waals surface area contributed by atoms with E-state index in [0.29, 0.717) is 32.0 Å². The molecule has 1 saturated heterocycles. The molecule has 1 aliphatic rings. The van der Waals surface area contributed by atoms with Crippen LogP contribution in [0.25, 0.3) is 0 Å². The zero-order chi connectivity index (χ0) is 12.3. The predicted molar refractivity (Wildman–Crippen MR) is 52.0 cm³/mol. The second kappa shape index (κ2) is 4.86. The molecule has 1 fully saturated rings. The smallest absolute Gasteiger partial charge is 0.413 e. The minimum absolute atomic E-state index is 0.302. The Morgan fingerprint density at radius 3 is 2.25 bits per heavy atom. The first-order valence-corrected chi connectivity index (χ1v) is 5.01. The van der Waals surface area contributed by atoms with Crippen molar-refractivity contribution in [3.8, 4) is 0 Å². The largest absolute Gasteiger partial charge is 0.478 e. The van der Waals surface area contributed by atoms with Crippen LogP contribution < -0.4 is 0 Å². The number of halogens is 3. The molecule has 0 unspecified atom stereocenters. The highest BCUT2D eigenvalue weighted by atomic mass is 19.4. The van der Waals surface area contributed by atoms with E-state index in [1.54, 1.807) is 0 Å². The van der Waals surface area contributed by atoms with Gasteiger partial charge >= 0.3 is 12.1 Å². The first-order chi connectivity index (χ1) is 7.30. The van der Waals surface area contributed by atoms with E-state index in [9.17, 15) is 18.0 Å². The van der Waals surface area contributed by atoms with Crippen LogP contribution in [0.15, 0.2) is 11.6 Å². The summed E-state index contributed by atoms with van der Waals surface area (Å²) in [5.41, 5.74) is -0.909. The molecule has 16 heavy (non-hydrogen) atoms. The van der Waals surface area contributed by atoms with Gasteiger partial charge in [0.05, 0.1) is 0 Å². The number of carboxylic acid groups (broad SMARTS) is 1. The summed E-state index contributed by atoms with van der Waals surface area (Å²) in [6.07, 6.45) is -3.53. The normalized spacial score (nSPS) is 21.1. The van der Waals surface area contributed by atoms with Crippen LogP contribution in [0.2, 0.25) is 0 Å². The highest BCUT2D eigenvalue weighted by molar-refractivity contribution is 5.81. The molecule has 0 aromatic heterocycles. The summed E-state index contributed by atoms with van der Waals surface area (Å²) in [6, 6.07) is 0. The second-order valence-corrected chi connectivity index (χ2v) is 4.01. The molecule has 3 nitrogen and oxygen atoms in total. The second-order valence-electron chi connectivity index (χ2n) is 4.01. The minimum atomic E-state index is -4.54. The van der Waals surface area contributed by atoms with Crippen molar-refractivity contribution in [1.82, 2.24) is 4.90 Å². The third kappa shape index (κ3) is 3.52. The number of allylic oxidation sites excluding steroid dienone is 1. The van der Waals surface area contributed by atoms with Crippen molar-refractivity contribution >= 4 is 5.97 Å². The topological polar surface area (TPSA) is 40.5 Å². The standard InChI is InChI=1S/C10H14F3NO2/c1-14-4-2-7(3-5-14)8(6-9(15)16)10(11,12)13/h6-7H,2-5H2,1H3,(H,15,16)/b8-6+. The van der Waals surface area contributed by atoms with Gasteiger partial charge < -0.3 is 10.0 Å². The molecule has 0 radical (unpaired) electrons. The van der Waals surface area contributed by atoms with E-state index in [0.717, 1.165) is 0 Å². The number of alkyl halides is 3. The maximum atomic E-state index is 12.6. The molecule has 1 heterocycles. The number of nitrogens with zero attached hydrogens (tertiary/aromatic N) is 1. The van der Waals surface area contributed by atoms with E-state index in [4.69, 9.17) is 5.11 Å². The Bertz CT molecular complexity index is 291. The summed E-state index contributed by atoms with van der Waals surface area (Å²) in [6.45, 7) is 1.13. The number of carboxylic acids is 1. The van der Waals surface area contributed by atoms with Crippen LogP contribution in [0.5, 0.6) is 0 Å². The van der Waals surface area contributed by atoms with Gasteiger partial charge in [-0.1, -0.05) is 0 Å². The molecule has 0 saturated carbocycles. The summed E-state index contributed by atoms with van der Waals surface area (Å²) in [7, 11) is 1.84. The molecular formula is C10H14F3NO2. The Balaban J connectivity index is 2.82. The molecule has 1 aliphatic heterocycles. The van der Waals surface area contributed by atoms with Crippen molar-refractivity contribution in [2.24, 2.45) is 5.92 Å². The summed E-state index contributed by atoms with van der Waals surface area (Å²) in [5, 5.41) is 8.44. The number of rotatable bonds is 2. The van der Waals surface area contributed by atoms with E-state index in [-0.39, 0.29) is 0 Å². The van der Waals surface area contributed by atoms with Crippen molar-refractivity contribution in [1.29, 1.82) is 0 Å². The van der Waals surface area contributed by atoms with Crippen LogP contribution in [-0.2, 0) is 4.79 Å². The number of likely N-dealkylation sites (tertiary alicyclic amines) is 1. The first-order valence-electron chi connectivity index (χ1n) is 5.01. The van der Waals surface area contributed by atoms with Crippen LogP contribution in [-0.4, -0.2) is 42.3 Å². The zero-order valence-corrected chi connectivity index (χ0v) is 8.92. The monoisotopic (exact) mass is 237 g/mol. The van der Waals surface area contributed by atoms with Crippen molar-refractivity contribution in [3.05, 3.63) is 11.6 Å². The lowest BCUT2D eigenvalue weighted by molar-refractivity contribution is -0.133. The molecular weight excluding hydrogens is 223 g/mol. The quantitative estimate of drug-likeness (QED) is 0.746. The minimum Gasteiger partial charge on any atom is -0.478 e. The van der Waals surface area contributed by atoms with Crippen molar-refractivity contribution in [2.75, 3.05) is 20.1 Å². The highest BCUT2D eigenvalue weighted by Gasteiger charge is 2.39. The fraction of sp³-hybridized carbons (Fsp3) is 0.700. The molecule has 0 atom stereocenters. The maximum Gasteiger partial charge on any atom is 0.413 e. The molecule has 0 aromatic rings. The molecule has 6 heteroatoms. The number of hydrogen-bond acceptors (Lipinski definition) is 2. The van der Waals surface area contributed by atoms with E-state index in [1.165, 1.54) is 0 Å². The van der Waals surface area contributed by atoms with Gasteiger partial charge in [-0.05, 0) is 38.9 Å². The molecule has 0 aliphatic carbocycles. The third-order valence-corrected chi connectivity index (χ3v) is 2.76. The number of carbonyl (C=O) groups is 1. The van der Waals surface area contributed by atoms with E-state index >= 15 is 0 Å². The van der Waals surface area contributed by atoms with E-state index in [1.807, 2.05) is 11.9 Å². The average molecular weight is 237 g/mol. The lowest BCUT2D eigenvalue weighted by atomic mass is 9.88. The maximum absolute atomic E-state index is 12.6. The lowest BCUT2D eigenvalue weighted by Gasteiger charge is -2.31. The van der Waals surface area contributed by atoms with Crippen LogP contribution in [0.1, 0.15) is 12.8 Å². The number of aliphatic carboxylic acids is 1. The van der Waals surface area contributed by atoms with Crippen LogP contribution in [0, 0.1) is 5.92 Å². The summed E-state index contributed by atoms with van der Waals surface area (Å²) in [5.74, 6) is -2.22. The summed E-state index contributed by atoms with van der Waals surface area (Å²) in [4.78, 5) is 12.3. The van der Waals surface area contributed by atoms with E-state index in [2.05, 4.69) is 0 Å². The summed E-state index contributed by atoms with van der Waals surface area (Å²) >= 11 is 0. The Morgan fingerprint density at radius 1 is 1.38 bits per heavy atom. The van der Waals surface area contributed by atoms with Gasteiger partial charge in [-0.15, -0.1) is 0 Å². The molecule has 92 valence electrons. The molecule has 0 spiro atoms. The predicted octanol–water partition coefficient (Wildman–Crippen LogP) is 1.90. The average Bonchev–Trinajstić information content (AvgIpc) is 2.14. The Morgan fingerprint density at radius 2 is 1.88 bits per heavy atom. The highest BCUT2D eigenvalue weighted by Crippen LogP contribution is 2.36. The summed E-state index contributed by atoms with van der Waals surface area (Å²) < 4.78 is 37.9. The Hall–Kier alpha value is -1.04. The van der Waals surface area contributed by atoms with Crippen molar-refractivity contribution in [3.63, 3.8) is 0 Å². The van der Waals surface area contributed by atoms with Crippen molar-refractivity contribution in [2.45, 2.75) is 19.0 Å². The molecule has 0 aromatic carbocycles. The fourth-order valence-electron chi connectivity index (χ4n) is 1.88. The van der Waals surface area contributed by atoms with Crippen LogP contribution in [0.3, 0.4) is 0 Å². The first kappa shape index (κ1) is 13.0. The SMILES string of the molecule is CN1CCC(/C(=C\C(=O)O)C(F)(F)F)CC1. The van der Waals surface area contributed by atoms with Gasteiger partial charge in [0.25, 0.3) is 0 Å². The van der Waals surface area contributed by atoms with Gasteiger partial charge in [0.15, 0.2) is 0 Å². The van der Waals surface area contributed by atoms with Gasteiger partial charge in [0.2, 0.25) is 0 Å².